The number of rotatable bonds is 4. The molecule has 0 atom stereocenters. The lowest BCUT2D eigenvalue weighted by Crippen LogP contribution is -2.24. The van der Waals surface area contributed by atoms with Crippen LogP contribution in [-0.4, -0.2) is 29.2 Å². The molecule has 0 unspecified atom stereocenters. The van der Waals surface area contributed by atoms with Crippen molar-refractivity contribution in [2.45, 2.75) is 13.8 Å². The van der Waals surface area contributed by atoms with Gasteiger partial charge in [0.25, 0.3) is 5.91 Å². The Kier molecular flexibility index (Phi) is 4.95. The van der Waals surface area contributed by atoms with Crippen LogP contribution in [0.2, 0.25) is 0 Å². The van der Waals surface area contributed by atoms with Crippen molar-refractivity contribution in [3.63, 3.8) is 0 Å². The molecule has 0 aliphatic rings. The molecule has 1 amide bonds. The highest BCUT2D eigenvalue weighted by molar-refractivity contribution is 5.96. The number of pyridine rings is 1. The summed E-state index contributed by atoms with van der Waals surface area (Å²) >= 11 is 0. The lowest BCUT2D eigenvalue weighted by molar-refractivity contribution is 0.0956. The zero-order valence-electron chi connectivity index (χ0n) is 14.0. The molecule has 0 aliphatic heterocycles. The van der Waals surface area contributed by atoms with Gasteiger partial charge in [0.05, 0.1) is 17.8 Å². The number of nitrogens with zero attached hydrogens (tertiary/aromatic N) is 2. The fourth-order valence-corrected chi connectivity index (χ4v) is 2.39. The van der Waals surface area contributed by atoms with E-state index in [2.05, 4.69) is 27.3 Å². The molecule has 0 radical (unpaired) electrons. The number of benzene rings is 1. The minimum absolute atomic E-state index is 0.228. The van der Waals surface area contributed by atoms with Crippen LogP contribution in [0.25, 0.3) is 10.9 Å². The minimum Gasteiger partial charge on any atom is -0.481 e. The second-order valence-electron chi connectivity index (χ2n) is 5.38. The summed E-state index contributed by atoms with van der Waals surface area (Å²) in [5.41, 5.74) is 1.90. The van der Waals surface area contributed by atoms with Crippen LogP contribution in [0.3, 0.4) is 0 Å². The number of fused-ring (bicyclic) bond motifs is 1. The number of hydrogen-bond acceptors (Lipinski definition) is 5. The third-order valence-corrected chi connectivity index (χ3v) is 3.61. The number of nitrogens with one attached hydrogen (secondary N) is 1. The third-order valence-electron chi connectivity index (χ3n) is 3.61. The topological polar surface area (TPSA) is 77.2 Å². The number of carbonyl (C=O) groups excluding carboxylic acids is 1. The van der Waals surface area contributed by atoms with Crippen molar-refractivity contribution in [3.05, 3.63) is 53.5 Å². The van der Waals surface area contributed by atoms with E-state index < -0.39 is 0 Å². The lowest BCUT2D eigenvalue weighted by Gasteiger charge is -2.03. The standard InChI is InChI=1S/C19H17N3O3/c1-13-18(14(2)25-22-13)19(23)21-9-3-4-11-24-16-8-7-15-6-5-10-20-17(15)12-16/h5-8,10,12H,9,11H2,1-2H3,(H,21,23). The summed E-state index contributed by atoms with van der Waals surface area (Å²) in [6, 6.07) is 9.59. The fraction of sp³-hybridized carbons (Fsp3) is 0.211. The summed E-state index contributed by atoms with van der Waals surface area (Å²) < 4.78 is 10.5. The average Bonchev–Trinajstić information content (AvgIpc) is 2.96. The Morgan fingerprint density at radius 2 is 2.16 bits per heavy atom. The predicted octanol–water partition coefficient (Wildman–Crippen LogP) is 2.65. The van der Waals surface area contributed by atoms with E-state index in [0.717, 1.165) is 10.9 Å². The molecule has 6 nitrogen and oxygen atoms in total. The van der Waals surface area contributed by atoms with Crippen LogP contribution < -0.4 is 10.1 Å². The molecule has 0 saturated heterocycles. The predicted molar refractivity (Wildman–Crippen MR) is 93.3 cm³/mol. The summed E-state index contributed by atoms with van der Waals surface area (Å²) in [6.45, 7) is 3.89. The van der Waals surface area contributed by atoms with Crippen molar-refractivity contribution in [2.75, 3.05) is 13.2 Å². The van der Waals surface area contributed by atoms with E-state index in [1.807, 2.05) is 30.3 Å². The highest BCUT2D eigenvalue weighted by Gasteiger charge is 2.16. The fourth-order valence-electron chi connectivity index (χ4n) is 2.39. The normalized spacial score (nSPS) is 10.2. The van der Waals surface area contributed by atoms with E-state index >= 15 is 0 Å². The van der Waals surface area contributed by atoms with Gasteiger partial charge in [-0.2, -0.15) is 0 Å². The van der Waals surface area contributed by atoms with E-state index in [1.54, 1.807) is 20.0 Å². The number of amides is 1. The maximum absolute atomic E-state index is 12.0. The van der Waals surface area contributed by atoms with Gasteiger partial charge in [-0.1, -0.05) is 23.1 Å². The average molecular weight is 335 g/mol. The number of aryl methyl sites for hydroxylation is 2. The van der Waals surface area contributed by atoms with Crippen LogP contribution in [0.15, 0.2) is 41.1 Å². The number of carbonyl (C=O) groups is 1. The van der Waals surface area contributed by atoms with Gasteiger partial charge in [-0.05, 0) is 32.0 Å². The van der Waals surface area contributed by atoms with Gasteiger partial charge < -0.3 is 14.6 Å². The molecule has 1 N–H and O–H groups in total. The Labute approximate surface area is 145 Å². The molecule has 0 fully saturated rings. The molecule has 2 aromatic heterocycles. The first-order chi connectivity index (χ1) is 12.1. The SMILES string of the molecule is Cc1noc(C)c1C(=O)NCC#CCOc1ccc2cccnc2c1. The van der Waals surface area contributed by atoms with Crippen LogP contribution in [0.1, 0.15) is 21.8 Å². The first-order valence-electron chi connectivity index (χ1n) is 7.79. The van der Waals surface area contributed by atoms with Gasteiger partial charge in [-0.3, -0.25) is 9.78 Å². The van der Waals surface area contributed by atoms with Crippen molar-refractivity contribution in [1.82, 2.24) is 15.5 Å². The molecule has 2 heterocycles. The van der Waals surface area contributed by atoms with Crippen molar-refractivity contribution < 1.29 is 14.1 Å². The van der Waals surface area contributed by atoms with Crippen LogP contribution >= 0.6 is 0 Å². The maximum Gasteiger partial charge on any atom is 0.257 e. The molecule has 6 heteroatoms. The molecule has 25 heavy (non-hydrogen) atoms. The van der Waals surface area contributed by atoms with E-state index in [9.17, 15) is 4.79 Å². The molecular formula is C19H17N3O3. The second-order valence-corrected chi connectivity index (χ2v) is 5.38. The number of hydrogen-bond donors (Lipinski definition) is 1. The Morgan fingerprint density at radius 1 is 1.28 bits per heavy atom. The maximum atomic E-state index is 12.0. The summed E-state index contributed by atoms with van der Waals surface area (Å²) in [7, 11) is 0. The monoisotopic (exact) mass is 335 g/mol. The van der Waals surface area contributed by atoms with Gasteiger partial charge in [0.15, 0.2) is 0 Å². The second kappa shape index (κ2) is 7.49. The molecule has 0 aliphatic carbocycles. The van der Waals surface area contributed by atoms with Crippen molar-refractivity contribution >= 4 is 16.8 Å². The highest BCUT2D eigenvalue weighted by atomic mass is 16.5. The quantitative estimate of drug-likeness (QED) is 0.742. The smallest absolute Gasteiger partial charge is 0.257 e. The molecule has 126 valence electrons. The molecule has 3 rings (SSSR count). The Hall–Kier alpha value is -3.33. The molecule has 0 saturated carbocycles. The summed E-state index contributed by atoms with van der Waals surface area (Å²) in [6.07, 6.45) is 1.74. The first kappa shape index (κ1) is 16.5. The minimum atomic E-state index is -0.243. The Morgan fingerprint density at radius 3 is 2.96 bits per heavy atom. The molecular weight excluding hydrogens is 318 g/mol. The summed E-state index contributed by atoms with van der Waals surface area (Å²) in [4.78, 5) is 16.3. The van der Waals surface area contributed by atoms with Gasteiger partial charge in [0.1, 0.15) is 23.7 Å². The molecule has 0 spiro atoms. The van der Waals surface area contributed by atoms with Crippen molar-refractivity contribution in [1.29, 1.82) is 0 Å². The summed E-state index contributed by atoms with van der Waals surface area (Å²) in [5, 5.41) is 7.52. The molecule has 0 bridgehead atoms. The number of aromatic nitrogens is 2. The zero-order chi connectivity index (χ0) is 17.6. The summed E-state index contributed by atoms with van der Waals surface area (Å²) in [5.74, 6) is 6.68. The van der Waals surface area contributed by atoms with E-state index in [4.69, 9.17) is 9.26 Å². The zero-order valence-corrected chi connectivity index (χ0v) is 14.0. The Bertz CT molecular complexity index is 947. The largest absolute Gasteiger partial charge is 0.481 e. The highest BCUT2D eigenvalue weighted by Crippen LogP contribution is 2.18. The van der Waals surface area contributed by atoms with E-state index in [-0.39, 0.29) is 19.1 Å². The van der Waals surface area contributed by atoms with Gasteiger partial charge >= 0.3 is 0 Å². The van der Waals surface area contributed by atoms with Crippen LogP contribution in [0.5, 0.6) is 5.75 Å². The van der Waals surface area contributed by atoms with Crippen molar-refractivity contribution in [2.24, 2.45) is 0 Å². The van der Waals surface area contributed by atoms with E-state index in [0.29, 0.717) is 22.8 Å². The van der Waals surface area contributed by atoms with Crippen LogP contribution in [0, 0.1) is 25.7 Å². The molecule has 1 aromatic carbocycles. The van der Waals surface area contributed by atoms with Gasteiger partial charge in [-0.25, -0.2) is 0 Å². The van der Waals surface area contributed by atoms with Crippen molar-refractivity contribution in [3.8, 4) is 17.6 Å². The van der Waals surface area contributed by atoms with E-state index in [1.165, 1.54) is 0 Å². The Balaban J connectivity index is 1.49. The first-order valence-corrected chi connectivity index (χ1v) is 7.79. The van der Waals surface area contributed by atoms with Gasteiger partial charge in [-0.15, -0.1) is 0 Å². The van der Waals surface area contributed by atoms with Gasteiger partial charge in [0.2, 0.25) is 0 Å². The van der Waals surface area contributed by atoms with Crippen LogP contribution in [0.4, 0.5) is 0 Å². The lowest BCUT2D eigenvalue weighted by atomic mass is 10.2. The van der Waals surface area contributed by atoms with Gasteiger partial charge in [0, 0.05) is 17.6 Å². The third kappa shape index (κ3) is 3.96. The molecule has 3 aromatic rings. The number of ether oxygens (including phenoxy) is 1. The van der Waals surface area contributed by atoms with Crippen LogP contribution in [-0.2, 0) is 0 Å².